The number of unbranched alkanes of at least 4 members (excludes halogenated alkanes) is 2. The molecule has 1 N–H and O–H groups in total. The minimum absolute atomic E-state index is 0.210. The predicted octanol–water partition coefficient (Wildman–Crippen LogP) is 8.36. The maximum atomic E-state index is 8.66. The molecule has 0 aromatic heterocycles. The van der Waals surface area contributed by atoms with E-state index in [0.717, 1.165) is 42.1 Å². The van der Waals surface area contributed by atoms with Gasteiger partial charge in [0, 0.05) is 35.9 Å². The highest BCUT2D eigenvalue weighted by Gasteiger charge is 1.96. The molecule has 36 heavy (non-hydrogen) atoms. The van der Waals surface area contributed by atoms with Gasteiger partial charge in [0.05, 0.1) is 0 Å². The van der Waals surface area contributed by atoms with Crippen LogP contribution in [0.1, 0.15) is 36.8 Å². The Morgan fingerprint density at radius 3 is 1.28 bits per heavy atom. The van der Waals surface area contributed by atoms with Crippen LogP contribution in [0.2, 0.25) is 0 Å². The zero-order valence-corrected chi connectivity index (χ0v) is 22.0. The summed E-state index contributed by atoms with van der Waals surface area (Å²) < 4.78 is 0. The normalized spacial score (nSPS) is 9.61. The summed E-state index contributed by atoms with van der Waals surface area (Å²) in [6.45, 7) is 0.210. The fourth-order valence-corrected chi connectivity index (χ4v) is 3.69. The molecule has 180 valence electrons. The lowest BCUT2D eigenvalue weighted by Gasteiger charge is -2.00. The highest BCUT2D eigenvalue weighted by Crippen LogP contribution is 2.19. The topological polar surface area (TPSA) is 20.2 Å². The second kappa shape index (κ2) is 16.2. The lowest BCUT2D eigenvalue weighted by atomic mass is 10.0. The third-order valence-corrected chi connectivity index (χ3v) is 5.91. The molecular formula is C34H31BrO. The minimum Gasteiger partial charge on any atom is -0.396 e. The summed E-state index contributed by atoms with van der Waals surface area (Å²) >= 11 is 3.40. The SMILES string of the molecule is BrCCCC#Cc1ccc(-c2ccccc2)cc1.OCCCC#Cc1ccc(-c2ccccc2)cc1. The summed E-state index contributed by atoms with van der Waals surface area (Å²) in [5.41, 5.74) is 7.02. The predicted molar refractivity (Wildman–Crippen MR) is 157 cm³/mol. The zero-order chi connectivity index (χ0) is 25.3. The van der Waals surface area contributed by atoms with E-state index >= 15 is 0 Å². The van der Waals surface area contributed by atoms with Gasteiger partial charge in [-0.1, -0.05) is 125 Å². The summed E-state index contributed by atoms with van der Waals surface area (Å²) in [5, 5.41) is 9.68. The number of aliphatic hydroxyl groups is 1. The first kappa shape index (κ1) is 27.0. The third-order valence-electron chi connectivity index (χ3n) is 5.34. The molecule has 0 radical (unpaired) electrons. The van der Waals surface area contributed by atoms with Crippen LogP contribution in [0.25, 0.3) is 22.3 Å². The molecule has 0 fully saturated rings. The smallest absolute Gasteiger partial charge is 0.0440 e. The van der Waals surface area contributed by atoms with Gasteiger partial charge in [0.25, 0.3) is 0 Å². The van der Waals surface area contributed by atoms with Crippen molar-refractivity contribution in [3.05, 3.63) is 120 Å². The summed E-state index contributed by atoms with van der Waals surface area (Å²) in [6.07, 6.45) is 3.55. The molecule has 0 aliphatic carbocycles. The number of alkyl halides is 1. The highest BCUT2D eigenvalue weighted by molar-refractivity contribution is 9.09. The molecule has 0 spiro atoms. The molecule has 0 bridgehead atoms. The number of benzene rings is 4. The van der Waals surface area contributed by atoms with Gasteiger partial charge in [0.2, 0.25) is 0 Å². The van der Waals surface area contributed by atoms with E-state index in [-0.39, 0.29) is 6.61 Å². The maximum absolute atomic E-state index is 8.66. The van der Waals surface area contributed by atoms with Gasteiger partial charge in [-0.2, -0.15) is 0 Å². The van der Waals surface area contributed by atoms with Crippen LogP contribution in [0.5, 0.6) is 0 Å². The second-order valence-electron chi connectivity index (χ2n) is 8.11. The number of hydrogen-bond acceptors (Lipinski definition) is 1. The molecule has 0 heterocycles. The molecule has 0 aliphatic rings. The van der Waals surface area contributed by atoms with Crippen LogP contribution >= 0.6 is 15.9 Å². The molecule has 0 saturated heterocycles. The summed E-state index contributed by atoms with van der Waals surface area (Å²) in [4.78, 5) is 0. The molecule has 0 amide bonds. The van der Waals surface area contributed by atoms with Gasteiger partial charge in [-0.15, -0.1) is 0 Å². The number of halogens is 1. The van der Waals surface area contributed by atoms with Crippen molar-refractivity contribution in [1.82, 2.24) is 0 Å². The van der Waals surface area contributed by atoms with Crippen LogP contribution < -0.4 is 0 Å². The number of hydrogen-bond donors (Lipinski definition) is 1. The maximum Gasteiger partial charge on any atom is 0.0440 e. The molecule has 0 aliphatic heterocycles. The van der Waals surface area contributed by atoms with Crippen LogP contribution in [-0.4, -0.2) is 17.0 Å². The number of aliphatic hydroxyl groups excluding tert-OH is 1. The van der Waals surface area contributed by atoms with Crippen LogP contribution in [0, 0.1) is 23.7 Å². The largest absolute Gasteiger partial charge is 0.396 e. The highest BCUT2D eigenvalue weighted by atomic mass is 79.9. The van der Waals surface area contributed by atoms with Crippen molar-refractivity contribution in [2.24, 2.45) is 0 Å². The van der Waals surface area contributed by atoms with Crippen molar-refractivity contribution in [3.63, 3.8) is 0 Å². The first-order chi connectivity index (χ1) is 17.8. The van der Waals surface area contributed by atoms with Gasteiger partial charge in [0.1, 0.15) is 0 Å². The Bertz CT molecular complexity index is 1170. The van der Waals surface area contributed by atoms with Gasteiger partial charge < -0.3 is 5.11 Å². The molecule has 4 aromatic carbocycles. The number of rotatable bonds is 6. The van der Waals surface area contributed by atoms with Gasteiger partial charge in [-0.25, -0.2) is 0 Å². The van der Waals surface area contributed by atoms with Crippen LogP contribution in [0.4, 0.5) is 0 Å². The van der Waals surface area contributed by atoms with Crippen LogP contribution in [0.15, 0.2) is 109 Å². The molecule has 4 rings (SSSR count). The van der Waals surface area contributed by atoms with Crippen molar-refractivity contribution in [1.29, 1.82) is 0 Å². The Balaban J connectivity index is 0.000000201. The zero-order valence-electron chi connectivity index (χ0n) is 20.5. The third kappa shape index (κ3) is 9.59. The van der Waals surface area contributed by atoms with Crippen molar-refractivity contribution in [2.75, 3.05) is 11.9 Å². The molecule has 1 nitrogen and oxygen atoms in total. The standard InChI is InChI=1S/C17H15Br.C17H16O/c2*18-14-6-2-3-7-15-10-12-17(13-11-15)16-8-4-1-5-9-16/h1,4-5,8-13H,2,6,14H2;1,4-5,8-13,18H,2,6,14H2. The molecule has 0 saturated carbocycles. The molecule has 4 aromatic rings. The van der Waals surface area contributed by atoms with Gasteiger partial charge in [-0.05, 0) is 59.4 Å². The van der Waals surface area contributed by atoms with E-state index in [9.17, 15) is 0 Å². The van der Waals surface area contributed by atoms with E-state index in [4.69, 9.17) is 5.11 Å². The lowest BCUT2D eigenvalue weighted by Crippen LogP contribution is -1.80. The first-order valence-electron chi connectivity index (χ1n) is 12.3. The van der Waals surface area contributed by atoms with Crippen molar-refractivity contribution in [3.8, 4) is 45.9 Å². The van der Waals surface area contributed by atoms with Crippen LogP contribution in [0.3, 0.4) is 0 Å². The van der Waals surface area contributed by atoms with Gasteiger partial charge >= 0.3 is 0 Å². The first-order valence-corrected chi connectivity index (χ1v) is 13.4. The Labute approximate surface area is 224 Å². The van der Waals surface area contributed by atoms with Gasteiger partial charge in [0.15, 0.2) is 0 Å². The van der Waals surface area contributed by atoms with E-state index in [1.54, 1.807) is 0 Å². The molecular weight excluding hydrogens is 504 g/mol. The lowest BCUT2D eigenvalue weighted by molar-refractivity contribution is 0.290. The van der Waals surface area contributed by atoms with E-state index in [2.05, 4.69) is 112 Å². The average molecular weight is 536 g/mol. The Kier molecular flexibility index (Phi) is 12.1. The molecule has 2 heteroatoms. The Morgan fingerprint density at radius 1 is 0.500 bits per heavy atom. The average Bonchev–Trinajstić information content (AvgIpc) is 2.95. The molecule has 0 unspecified atom stereocenters. The van der Waals surface area contributed by atoms with Gasteiger partial charge in [-0.3, -0.25) is 0 Å². The fraction of sp³-hybridized carbons (Fsp3) is 0.176. The van der Waals surface area contributed by atoms with E-state index in [0.29, 0.717) is 0 Å². The fourth-order valence-electron chi connectivity index (χ4n) is 3.41. The minimum atomic E-state index is 0.210. The van der Waals surface area contributed by atoms with Crippen LogP contribution in [-0.2, 0) is 0 Å². The van der Waals surface area contributed by atoms with Crippen molar-refractivity contribution >= 4 is 15.9 Å². The summed E-state index contributed by atoms with van der Waals surface area (Å²) in [5.74, 6) is 12.5. The summed E-state index contributed by atoms with van der Waals surface area (Å²) in [6, 6.07) is 37.4. The van der Waals surface area contributed by atoms with Crippen molar-refractivity contribution in [2.45, 2.75) is 25.7 Å². The monoisotopic (exact) mass is 534 g/mol. The molecule has 0 atom stereocenters. The van der Waals surface area contributed by atoms with Crippen molar-refractivity contribution < 1.29 is 5.11 Å². The summed E-state index contributed by atoms with van der Waals surface area (Å²) in [7, 11) is 0. The quantitative estimate of drug-likeness (QED) is 0.149. The Hall–Kier alpha value is -3.56. The van der Waals surface area contributed by atoms with E-state index < -0.39 is 0 Å². The second-order valence-corrected chi connectivity index (χ2v) is 8.90. The van der Waals surface area contributed by atoms with E-state index in [1.165, 1.54) is 22.3 Å². The Morgan fingerprint density at radius 2 is 0.889 bits per heavy atom. The van der Waals surface area contributed by atoms with E-state index in [1.807, 2.05) is 36.4 Å².